The Kier molecular flexibility index (Phi) is 5.24. The Bertz CT molecular complexity index is 1130. The van der Waals surface area contributed by atoms with Gasteiger partial charge in [0.05, 0.1) is 16.3 Å². The Balaban J connectivity index is 2.18. The molecule has 2 aromatic carbocycles. The van der Waals surface area contributed by atoms with Gasteiger partial charge >= 0.3 is 6.18 Å². The van der Waals surface area contributed by atoms with E-state index in [0.717, 1.165) is 10.7 Å². The molecule has 1 aromatic heterocycles. The molecule has 4 N–H and O–H groups in total. The molecule has 0 aliphatic carbocycles. The first-order chi connectivity index (χ1) is 13.0. The molecule has 0 aliphatic rings. The number of rotatable bonds is 4. The molecule has 0 amide bonds. The summed E-state index contributed by atoms with van der Waals surface area (Å²) < 4.78 is 63.5. The highest BCUT2D eigenvalue weighted by atomic mass is 35.5. The van der Waals surface area contributed by atoms with Gasteiger partial charge in [0.2, 0.25) is 10.0 Å². The molecule has 3 rings (SSSR count). The van der Waals surface area contributed by atoms with E-state index in [2.05, 4.69) is 5.10 Å². The molecule has 0 aliphatic heterocycles. The van der Waals surface area contributed by atoms with Crippen LogP contribution in [0, 0.1) is 0 Å². The van der Waals surface area contributed by atoms with E-state index in [9.17, 15) is 21.6 Å². The van der Waals surface area contributed by atoms with Crippen molar-refractivity contribution in [3.63, 3.8) is 0 Å². The van der Waals surface area contributed by atoms with Crippen LogP contribution in [0.4, 0.5) is 13.2 Å². The summed E-state index contributed by atoms with van der Waals surface area (Å²) in [5.74, 6) is 0. The monoisotopic (exact) mass is 430 g/mol. The van der Waals surface area contributed by atoms with Gasteiger partial charge in [-0.25, -0.2) is 18.2 Å². The maximum absolute atomic E-state index is 13.2. The smallest absolute Gasteiger partial charge is 0.326 e. The number of benzene rings is 2. The second-order valence-corrected chi connectivity index (χ2v) is 7.84. The summed E-state index contributed by atoms with van der Waals surface area (Å²) in [5.41, 5.74) is 5.84. The molecule has 0 bridgehead atoms. The minimum atomic E-state index is -4.67. The summed E-state index contributed by atoms with van der Waals surface area (Å²) in [4.78, 5) is -0.170. The van der Waals surface area contributed by atoms with Crippen LogP contribution in [0.1, 0.15) is 11.3 Å². The summed E-state index contributed by atoms with van der Waals surface area (Å²) >= 11 is 6.13. The average molecular weight is 431 g/mol. The molecule has 0 spiro atoms. The Hall–Kier alpha value is -2.40. The van der Waals surface area contributed by atoms with Gasteiger partial charge in [-0.3, -0.25) is 0 Å². The summed E-state index contributed by atoms with van der Waals surface area (Å²) in [6.45, 7) is 0.182. The van der Waals surface area contributed by atoms with Crippen molar-refractivity contribution >= 4 is 21.6 Å². The predicted molar refractivity (Wildman–Crippen MR) is 98.3 cm³/mol. The van der Waals surface area contributed by atoms with E-state index in [1.54, 1.807) is 12.1 Å². The lowest BCUT2D eigenvalue weighted by atomic mass is 10.1. The number of nitrogens with two attached hydrogens (primary N) is 2. The second kappa shape index (κ2) is 7.21. The van der Waals surface area contributed by atoms with E-state index >= 15 is 0 Å². The van der Waals surface area contributed by atoms with Gasteiger partial charge in [0.15, 0.2) is 5.69 Å². The van der Waals surface area contributed by atoms with Gasteiger partial charge in [0, 0.05) is 17.1 Å². The van der Waals surface area contributed by atoms with E-state index < -0.39 is 21.9 Å². The number of hydrogen-bond acceptors (Lipinski definition) is 4. The lowest BCUT2D eigenvalue weighted by molar-refractivity contribution is -0.141. The molecular formula is C17H14ClF3N4O2S. The van der Waals surface area contributed by atoms with Crippen LogP contribution < -0.4 is 10.9 Å². The van der Waals surface area contributed by atoms with Crippen molar-refractivity contribution < 1.29 is 21.6 Å². The average Bonchev–Trinajstić information content (AvgIpc) is 3.07. The van der Waals surface area contributed by atoms with Gasteiger partial charge in [-0.15, -0.1) is 0 Å². The summed E-state index contributed by atoms with van der Waals surface area (Å²) in [6, 6.07) is 10.6. The lowest BCUT2D eigenvalue weighted by Gasteiger charge is -2.10. The van der Waals surface area contributed by atoms with E-state index in [0.29, 0.717) is 16.1 Å². The number of primary sulfonamides is 1. The van der Waals surface area contributed by atoms with Gasteiger partial charge in [0.1, 0.15) is 0 Å². The van der Waals surface area contributed by atoms with Crippen molar-refractivity contribution in [2.75, 3.05) is 0 Å². The lowest BCUT2D eigenvalue weighted by Crippen LogP contribution is -2.12. The van der Waals surface area contributed by atoms with E-state index in [4.69, 9.17) is 22.5 Å². The van der Waals surface area contributed by atoms with E-state index in [1.165, 1.54) is 30.3 Å². The van der Waals surface area contributed by atoms with Crippen LogP contribution >= 0.6 is 11.6 Å². The third-order valence-electron chi connectivity index (χ3n) is 3.98. The zero-order valence-electron chi connectivity index (χ0n) is 14.1. The van der Waals surface area contributed by atoms with Crippen LogP contribution in [0.15, 0.2) is 53.4 Å². The number of nitrogens with zero attached hydrogens (tertiary/aromatic N) is 2. The molecular weight excluding hydrogens is 417 g/mol. The van der Waals surface area contributed by atoms with Crippen LogP contribution in [0.5, 0.6) is 0 Å². The van der Waals surface area contributed by atoms with Gasteiger partial charge in [0.25, 0.3) is 0 Å². The maximum atomic E-state index is 13.2. The molecule has 3 aromatic rings. The van der Waals surface area contributed by atoms with E-state index in [-0.39, 0.29) is 22.8 Å². The largest absolute Gasteiger partial charge is 0.435 e. The fraction of sp³-hybridized carbons (Fsp3) is 0.118. The standard InChI is InChI=1S/C17H14ClF3N4O2S/c18-14-7-10(1-2-11(14)9-22)15-8-16(17(19,20)21)24-25(15)12-3-5-13(6-4-12)28(23,26)27/h1-8H,9,22H2,(H2,23,26,27). The number of hydrogen-bond donors (Lipinski definition) is 2. The summed E-state index contributed by atoms with van der Waals surface area (Å²) in [6.07, 6.45) is -4.67. The van der Waals surface area contributed by atoms with Gasteiger partial charge < -0.3 is 5.73 Å². The van der Waals surface area contributed by atoms with Crippen molar-refractivity contribution in [2.45, 2.75) is 17.6 Å². The van der Waals surface area contributed by atoms with Crippen molar-refractivity contribution in [1.29, 1.82) is 0 Å². The minimum absolute atomic E-state index is 0.126. The molecule has 0 radical (unpaired) electrons. The van der Waals surface area contributed by atoms with Crippen molar-refractivity contribution in [3.05, 3.63) is 64.8 Å². The molecule has 1 heterocycles. The topological polar surface area (TPSA) is 104 Å². The van der Waals surface area contributed by atoms with Crippen molar-refractivity contribution in [3.8, 4) is 16.9 Å². The predicted octanol–water partition coefficient (Wildman–Crippen LogP) is 3.32. The molecule has 0 fully saturated rings. The summed E-state index contributed by atoms with van der Waals surface area (Å²) in [5, 5.41) is 8.99. The normalized spacial score (nSPS) is 12.4. The highest BCUT2D eigenvalue weighted by Crippen LogP contribution is 2.34. The molecule has 28 heavy (non-hydrogen) atoms. The first-order valence-electron chi connectivity index (χ1n) is 7.80. The third kappa shape index (κ3) is 4.04. The molecule has 6 nitrogen and oxygen atoms in total. The van der Waals surface area contributed by atoms with Crippen molar-refractivity contribution in [2.24, 2.45) is 10.9 Å². The first-order valence-corrected chi connectivity index (χ1v) is 9.72. The Morgan fingerprint density at radius 3 is 2.21 bits per heavy atom. The molecule has 0 unspecified atom stereocenters. The Labute approximate surface area is 163 Å². The SMILES string of the molecule is NCc1ccc(-c2cc(C(F)(F)F)nn2-c2ccc(S(N)(=O)=O)cc2)cc1Cl. The van der Waals surface area contributed by atoms with Crippen LogP contribution in [0.25, 0.3) is 16.9 Å². The van der Waals surface area contributed by atoms with Gasteiger partial charge in [-0.05, 0) is 42.0 Å². The maximum Gasteiger partial charge on any atom is 0.435 e. The third-order valence-corrected chi connectivity index (χ3v) is 5.26. The molecule has 0 saturated heterocycles. The van der Waals surface area contributed by atoms with Crippen LogP contribution in [-0.4, -0.2) is 18.2 Å². The number of sulfonamides is 1. The molecule has 0 atom stereocenters. The van der Waals surface area contributed by atoms with Crippen LogP contribution in [0.2, 0.25) is 5.02 Å². The van der Waals surface area contributed by atoms with E-state index in [1.807, 2.05) is 0 Å². The van der Waals surface area contributed by atoms with Crippen LogP contribution in [-0.2, 0) is 22.7 Å². The Morgan fingerprint density at radius 2 is 1.71 bits per heavy atom. The fourth-order valence-electron chi connectivity index (χ4n) is 2.57. The van der Waals surface area contributed by atoms with Crippen LogP contribution in [0.3, 0.4) is 0 Å². The van der Waals surface area contributed by atoms with Gasteiger partial charge in [-0.1, -0.05) is 23.7 Å². The number of aromatic nitrogens is 2. The minimum Gasteiger partial charge on any atom is -0.326 e. The zero-order chi connectivity index (χ0) is 20.7. The first kappa shape index (κ1) is 20.3. The molecule has 148 valence electrons. The zero-order valence-corrected chi connectivity index (χ0v) is 15.7. The quantitative estimate of drug-likeness (QED) is 0.662. The second-order valence-electron chi connectivity index (χ2n) is 5.87. The summed E-state index contributed by atoms with van der Waals surface area (Å²) in [7, 11) is -3.93. The van der Waals surface area contributed by atoms with Crippen molar-refractivity contribution in [1.82, 2.24) is 9.78 Å². The highest BCUT2D eigenvalue weighted by molar-refractivity contribution is 7.89. The number of alkyl halides is 3. The molecule has 11 heteroatoms. The number of halogens is 4. The molecule has 0 saturated carbocycles. The van der Waals surface area contributed by atoms with Gasteiger partial charge in [-0.2, -0.15) is 18.3 Å². The fourth-order valence-corrected chi connectivity index (χ4v) is 3.34. The Morgan fingerprint density at radius 1 is 1.07 bits per heavy atom. The highest BCUT2D eigenvalue weighted by Gasteiger charge is 2.35.